The average molecular weight is 271 g/mol. The molecule has 0 fully saturated rings. The monoisotopic (exact) mass is 270 g/mol. The Hall–Kier alpha value is -1.36. The molecule has 0 aliphatic rings. The first-order valence-corrected chi connectivity index (χ1v) is 5.09. The molecule has 1 rings (SSSR count). The van der Waals surface area contributed by atoms with Gasteiger partial charge in [0.05, 0.1) is 5.71 Å². The van der Waals surface area contributed by atoms with Crippen LogP contribution in [0.3, 0.4) is 0 Å². The highest BCUT2D eigenvalue weighted by Crippen LogP contribution is 2.22. The molecular formula is C10H11BrN2O2. The molecule has 0 unspecified atom stereocenters. The Morgan fingerprint density at radius 3 is 2.67 bits per heavy atom. The van der Waals surface area contributed by atoms with Crippen molar-refractivity contribution in [2.75, 3.05) is 0 Å². The largest absolute Gasteiger partial charge is 0.507 e. The SMILES string of the molecule is CC(=O)N/N=C(\C)c1ccc(Br)cc1O. The lowest BCUT2D eigenvalue weighted by atomic mass is 10.1. The summed E-state index contributed by atoms with van der Waals surface area (Å²) < 4.78 is 0.788. The molecule has 0 saturated heterocycles. The van der Waals surface area contributed by atoms with E-state index in [0.29, 0.717) is 11.3 Å². The second kappa shape index (κ2) is 4.93. The summed E-state index contributed by atoms with van der Waals surface area (Å²) in [7, 11) is 0. The summed E-state index contributed by atoms with van der Waals surface area (Å²) in [4.78, 5) is 10.6. The van der Waals surface area contributed by atoms with Crippen LogP contribution in [0.2, 0.25) is 0 Å². The number of nitrogens with one attached hydrogen (secondary N) is 1. The third-order valence-electron chi connectivity index (χ3n) is 1.73. The van der Waals surface area contributed by atoms with Crippen LogP contribution < -0.4 is 5.43 Å². The number of benzene rings is 1. The van der Waals surface area contributed by atoms with E-state index in [9.17, 15) is 9.90 Å². The van der Waals surface area contributed by atoms with Crippen LogP contribution >= 0.6 is 15.9 Å². The Morgan fingerprint density at radius 2 is 2.13 bits per heavy atom. The molecule has 2 N–H and O–H groups in total. The van der Waals surface area contributed by atoms with Gasteiger partial charge in [-0.2, -0.15) is 5.10 Å². The molecule has 4 nitrogen and oxygen atoms in total. The van der Waals surface area contributed by atoms with Crippen molar-refractivity contribution in [2.24, 2.45) is 5.10 Å². The highest BCUT2D eigenvalue weighted by Gasteiger charge is 2.04. The number of aromatic hydroxyl groups is 1. The maximum Gasteiger partial charge on any atom is 0.236 e. The third-order valence-corrected chi connectivity index (χ3v) is 2.22. The molecule has 80 valence electrons. The summed E-state index contributed by atoms with van der Waals surface area (Å²) in [5, 5.41) is 13.4. The average Bonchev–Trinajstić information content (AvgIpc) is 2.14. The molecule has 1 aromatic carbocycles. The first-order chi connectivity index (χ1) is 7.00. The molecule has 0 saturated carbocycles. The number of hydrogen-bond donors (Lipinski definition) is 2. The standard InChI is InChI=1S/C10H11BrN2O2/c1-6(12-13-7(2)14)9-4-3-8(11)5-10(9)15/h3-5,15H,1-2H3,(H,13,14)/b12-6+. The van der Waals surface area contributed by atoms with Crippen LogP contribution in [-0.4, -0.2) is 16.7 Å². The summed E-state index contributed by atoms with van der Waals surface area (Å²) in [5.41, 5.74) is 3.45. The van der Waals surface area contributed by atoms with Gasteiger partial charge in [0.1, 0.15) is 5.75 Å². The minimum atomic E-state index is -0.244. The van der Waals surface area contributed by atoms with Crippen LogP contribution in [0.5, 0.6) is 5.75 Å². The minimum absolute atomic E-state index is 0.121. The van der Waals surface area contributed by atoms with Crippen LogP contribution in [0, 0.1) is 0 Å². The number of hydrogen-bond acceptors (Lipinski definition) is 3. The van der Waals surface area contributed by atoms with Crippen molar-refractivity contribution in [1.29, 1.82) is 0 Å². The van der Waals surface area contributed by atoms with E-state index in [-0.39, 0.29) is 11.7 Å². The fraction of sp³-hybridized carbons (Fsp3) is 0.200. The molecule has 0 bridgehead atoms. The molecule has 0 heterocycles. The summed E-state index contributed by atoms with van der Waals surface area (Å²) in [6.45, 7) is 3.08. The molecule has 0 atom stereocenters. The lowest BCUT2D eigenvalue weighted by Gasteiger charge is -2.04. The van der Waals surface area contributed by atoms with Crippen molar-refractivity contribution < 1.29 is 9.90 Å². The Morgan fingerprint density at radius 1 is 1.47 bits per heavy atom. The topological polar surface area (TPSA) is 61.7 Å². The quantitative estimate of drug-likeness (QED) is 0.638. The number of rotatable bonds is 2. The van der Waals surface area contributed by atoms with Gasteiger partial charge in [0.15, 0.2) is 0 Å². The Labute approximate surface area is 96.1 Å². The summed E-state index contributed by atoms with van der Waals surface area (Å²) in [5.74, 6) is -0.123. The van der Waals surface area contributed by atoms with Crippen molar-refractivity contribution in [3.05, 3.63) is 28.2 Å². The van der Waals surface area contributed by atoms with Crippen molar-refractivity contribution in [3.63, 3.8) is 0 Å². The zero-order valence-electron chi connectivity index (χ0n) is 8.41. The van der Waals surface area contributed by atoms with E-state index in [1.807, 2.05) is 0 Å². The van der Waals surface area contributed by atoms with Gasteiger partial charge in [0, 0.05) is 17.0 Å². The van der Waals surface area contributed by atoms with Crippen LogP contribution in [0.25, 0.3) is 0 Å². The highest BCUT2D eigenvalue weighted by molar-refractivity contribution is 9.10. The highest BCUT2D eigenvalue weighted by atomic mass is 79.9. The number of carbonyl (C=O) groups is 1. The van der Waals surface area contributed by atoms with Crippen molar-refractivity contribution in [3.8, 4) is 5.75 Å². The normalized spacial score (nSPS) is 11.3. The molecule has 1 amide bonds. The summed E-state index contributed by atoms with van der Waals surface area (Å²) in [6, 6.07) is 5.09. The van der Waals surface area contributed by atoms with E-state index in [0.717, 1.165) is 4.47 Å². The van der Waals surface area contributed by atoms with Crippen LogP contribution in [-0.2, 0) is 4.79 Å². The summed E-state index contributed by atoms with van der Waals surface area (Å²) >= 11 is 3.24. The Bertz CT molecular complexity index is 416. The fourth-order valence-electron chi connectivity index (χ4n) is 1.03. The van der Waals surface area contributed by atoms with Crippen molar-refractivity contribution in [2.45, 2.75) is 13.8 Å². The number of nitrogens with zero attached hydrogens (tertiary/aromatic N) is 1. The zero-order valence-corrected chi connectivity index (χ0v) is 10.00. The number of phenols is 1. The predicted octanol–water partition coefficient (Wildman–Crippen LogP) is 2.01. The fourth-order valence-corrected chi connectivity index (χ4v) is 1.38. The smallest absolute Gasteiger partial charge is 0.236 e. The van der Waals surface area contributed by atoms with Crippen LogP contribution in [0.15, 0.2) is 27.8 Å². The number of halogens is 1. The Balaban J connectivity index is 2.95. The Kier molecular flexibility index (Phi) is 3.85. The maximum absolute atomic E-state index is 10.6. The number of amides is 1. The predicted molar refractivity (Wildman–Crippen MR) is 61.8 cm³/mol. The van der Waals surface area contributed by atoms with E-state index in [1.165, 1.54) is 6.92 Å². The minimum Gasteiger partial charge on any atom is -0.507 e. The van der Waals surface area contributed by atoms with Gasteiger partial charge in [-0.3, -0.25) is 4.79 Å². The summed E-state index contributed by atoms with van der Waals surface area (Å²) in [6.07, 6.45) is 0. The molecule has 0 aliphatic carbocycles. The van der Waals surface area contributed by atoms with E-state index < -0.39 is 0 Å². The number of carbonyl (C=O) groups excluding carboxylic acids is 1. The van der Waals surface area contributed by atoms with Crippen LogP contribution in [0.1, 0.15) is 19.4 Å². The van der Waals surface area contributed by atoms with Gasteiger partial charge in [0.25, 0.3) is 0 Å². The number of phenolic OH excluding ortho intramolecular Hbond substituents is 1. The van der Waals surface area contributed by atoms with Gasteiger partial charge in [-0.15, -0.1) is 0 Å². The first-order valence-electron chi connectivity index (χ1n) is 4.30. The molecule has 0 radical (unpaired) electrons. The van der Waals surface area contributed by atoms with Gasteiger partial charge in [-0.05, 0) is 25.1 Å². The maximum atomic E-state index is 10.6. The lowest BCUT2D eigenvalue weighted by Crippen LogP contribution is -2.15. The number of hydrazone groups is 1. The molecule has 5 heteroatoms. The zero-order chi connectivity index (χ0) is 11.4. The van der Waals surface area contributed by atoms with E-state index >= 15 is 0 Å². The molecular weight excluding hydrogens is 260 g/mol. The van der Waals surface area contributed by atoms with E-state index in [2.05, 4.69) is 26.5 Å². The molecule has 0 aromatic heterocycles. The van der Waals surface area contributed by atoms with Gasteiger partial charge in [0.2, 0.25) is 5.91 Å². The lowest BCUT2D eigenvalue weighted by molar-refractivity contribution is -0.118. The van der Waals surface area contributed by atoms with E-state index in [4.69, 9.17) is 0 Å². The second-order valence-electron chi connectivity index (χ2n) is 3.03. The second-order valence-corrected chi connectivity index (χ2v) is 3.94. The van der Waals surface area contributed by atoms with Gasteiger partial charge in [-0.25, -0.2) is 5.43 Å². The van der Waals surface area contributed by atoms with Gasteiger partial charge < -0.3 is 5.11 Å². The molecule has 0 aliphatic heterocycles. The molecule has 0 spiro atoms. The third kappa shape index (κ3) is 3.36. The van der Waals surface area contributed by atoms with Gasteiger partial charge in [-0.1, -0.05) is 15.9 Å². The first kappa shape index (κ1) is 11.7. The molecule has 1 aromatic rings. The van der Waals surface area contributed by atoms with Crippen molar-refractivity contribution >= 4 is 27.5 Å². The van der Waals surface area contributed by atoms with Gasteiger partial charge >= 0.3 is 0 Å². The van der Waals surface area contributed by atoms with Crippen LogP contribution in [0.4, 0.5) is 0 Å². The van der Waals surface area contributed by atoms with Crippen molar-refractivity contribution in [1.82, 2.24) is 5.43 Å². The van der Waals surface area contributed by atoms with E-state index in [1.54, 1.807) is 25.1 Å². The molecule has 15 heavy (non-hydrogen) atoms.